The van der Waals surface area contributed by atoms with Crippen LogP contribution in [0.3, 0.4) is 0 Å². The molecule has 1 aliphatic heterocycles. The molecule has 2 aliphatic rings. The van der Waals surface area contributed by atoms with E-state index in [1.165, 1.54) is 12.0 Å². The Labute approximate surface area is 130 Å². The van der Waals surface area contributed by atoms with Gasteiger partial charge in [0.1, 0.15) is 0 Å². The normalized spacial score (nSPS) is 22.0. The Bertz CT molecular complexity index is 456. The first-order valence-corrected chi connectivity index (χ1v) is 8.86. The Morgan fingerprint density at radius 2 is 2.05 bits per heavy atom. The fraction of sp³-hybridized carbons (Fsp3) is 0.688. The van der Waals surface area contributed by atoms with E-state index in [1.807, 2.05) is 4.90 Å². The minimum Gasteiger partial charge on any atom is -0.340 e. The van der Waals surface area contributed by atoms with Gasteiger partial charge in [-0.2, -0.15) is 11.3 Å². The predicted octanol–water partition coefficient (Wildman–Crippen LogP) is 1.91. The van der Waals surface area contributed by atoms with Gasteiger partial charge in [-0.25, -0.2) is 0 Å². The summed E-state index contributed by atoms with van der Waals surface area (Å²) in [5.41, 5.74) is 7.38. The highest BCUT2D eigenvalue weighted by atomic mass is 32.1. The summed E-state index contributed by atoms with van der Waals surface area (Å²) in [6.07, 6.45) is 4.16. The van der Waals surface area contributed by atoms with Crippen LogP contribution in [0.5, 0.6) is 0 Å². The molecule has 0 aromatic carbocycles. The molecule has 2 heterocycles. The maximum atomic E-state index is 12.4. The monoisotopic (exact) mass is 307 g/mol. The molecule has 0 unspecified atom stereocenters. The van der Waals surface area contributed by atoms with Gasteiger partial charge in [-0.1, -0.05) is 6.42 Å². The second kappa shape index (κ2) is 6.46. The quantitative estimate of drug-likeness (QED) is 0.904. The first-order chi connectivity index (χ1) is 10.2. The standard InChI is InChI=1S/C16H25N3OS/c17-13-16(3-1-4-16)10-15(20)19-7-5-18(6-8-19)11-14-2-9-21-12-14/h2,9,12H,1,3-8,10-11,13,17H2. The summed E-state index contributed by atoms with van der Waals surface area (Å²) in [4.78, 5) is 16.9. The zero-order chi connectivity index (χ0) is 14.7. The van der Waals surface area contributed by atoms with Gasteiger partial charge in [-0.05, 0) is 47.2 Å². The summed E-state index contributed by atoms with van der Waals surface area (Å²) in [6.45, 7) is 5.37. The molecule has 0 atom stereocenters. The molecule has 0 spiro atoms. The number of thiophene rings is 1. The van der Waals surface area contributed by atoms with Crippen molar-refractivity contribution in [2.45, 2.75) is 32.2 Å². The summed E-state index contributed by atoms with van der Waals surface area (Å²) in [5.74, 6) is 0.315. The van der Waals surface area contributed by atoms with Gasteiger partial charge >= 0.3 is 0 Å². The molecule has 1 aromatic rings. The zero-order valence-corrected chi connectivity index (χ0v) is 13.4. The van der Waals surface area contributed by atoms with E-state index in [4.69, 9.17) is 5.73 Å². The highest BCUT2D eigenvalue weighted by Crippen LogP contribution is 2.43. The van der Waals surface area contributed by atoms with Crippen LogP contribution in [0.1, 0.15) is 31.2 Å². The van der Waals surface area contributed by atoms with Crippen molar-refractivity contribution in [2.75, 3.05) is 32.7 Å². The van der Waals surface area contributed by atoms with Crippen molar-refractivity contribution in [3.05, 3.63) is 22.4 Å². The van der Waals surface area contributed by atoms with Gasteiger partial charge < -0.3 is 10.6 Å². The van der Waals surface area contributed by atoms with E-state index >= 15 is 0 Å². The molecular formula is C16H25N3OS. The second-order valence-corrected chi connectivity index (χ2v) is 7.30. The summed E-state index contributed by atoms with van der Waals surface area (Å²) >= 11 is 1.75. The lowest BCUT2D eigenvalue weighted by atomic mass is 9.66. The molecule has 1 aromatic heterocycles. The van der Waals surface area contributed by atoms with E-state index in [0.717, 1.165) is 45.6 Å². The van der Waals surface area contributed by atoms with Crippen molar-refractivity contribution in [3.63, 3.8) is 0 Å². The van der Waals surface area contributed by atoms with Crippen LogP contribution in [0.2, 0.25) is 0 Å². The highest BCUT2D eigenvalue weighted by Gasteiger charge is 2.38. The summed E-state index contributed by atoms with van der Waals surface area (Å²) in [6, 6.07) is 2.18. The van der Waals surface area contributed by atoms with Gasteiger partial charge in [0, 0.05) is 39.1 Å². The van der Waals surface area contributed by atoms with Gasteiger partial charge in [-0.3, -0.25) is 9.69 Å². The molecular weight excluding hydrogens is 282 g/mol. The average Bonchev–Trinajstić information content (AvgIpc) is 2.96. The number of nitrogens with two attached hydrogens (primary N) is 1. The molecule has 5 heteroatoms. The number of amides is 1. The van der Waals surface area contributed by atoms with Gasteiger partial charge in [0.25, 0.3) is 0 Å². The van der Waals surface area contributed by atoms with Crippen LogP contribution in [0.4, 0.5) is 0 Å². The molecule has 1 amide bonds. The molecule has 2 N–H and O–H groups in total. The van der Waals surface area contributed by atoms with Crippen LogP contribution in [0.25, 0.3) is 0 Å². The van der Waals surface area contributed by atoms with E-state index in [-0.39, 0.29) is 5.41 Å². The first-order valence-electron chi connectivity index (χ1n) is 7.92. The molecule has 1 saturated carbocycles. The lowest BCUT2D eigenvalue weighted by Crippen LogP contribution is -2.50. The molecule has 1 saturated heterocycles. The predicted molar refractivity (Wildman–Crippen MR) is 86.1 cm³/mol. The third-order valence-corrected chi connectivity index (χ3v) is 5.82. The van der Waals surface area contributed by atoms with Crippen molar-refractivity contribution in [2.24, 2.45) is 11.1 Å². The smallest absolute Gasteiger partial charge is 0.223 e. The minimum absolute atomic E-state index is 0.130. The fourth-order valence-corrected chi connectivity index (χ4v) is 4.02. The summed E-state index contributed by atoms with van der Waals surface area (Å²) in [7, 11) is 0. The molecule has 0 radical (unpaired) electrons. The Hall–Kier alpha value is -0.910. The van der Waals surface area contributed by atoms with Crippen molar-refractivity contribution in [1.29, 1.82) is 0 Å². The van der Waals surface area contributed by atoms with Gasteiger partial charge in [0.05, 0.1) is 0 Å². The van der Waals surface area contributed by atoms with Crippen molar-refractivity contribution in [3.8, 4) is 0 Å². The maximum absolute atomic E-state index is 12.4. The van der Waals surface area contributed by atoms with Crippen molar-refractivity contribution in [1.82, 2.24) is 9.80 Å². The third kappa shape index (κ3) is 3.47. The van der Waals surface area contributed by atoms with Crippen LogP contribution in [-0.2, 0) is 11.3 Å². The van der Waals surface area contributed by atoms with Crippen molar-refractivity contribution < 1.29 is 4.79 Å². The average molecular weight is 307 g/mol. The summed E-state index contributed by atoms with van der Waals surface area (Å²) in [5, 5.41) is 4.33. The number of rotatable bonds is 5. The van der Waals surface area contributed by atoms with E-state index in [0.29, 0.717) is 18.9 Å². The van der Waals surface area contributed by atoms with Gasteiger partial charge in [0.15, 0.2) is 0 Å². The summed E-state index contributed by atoms with van der Waals surface area (Å²) < 4.78 is 0. The Morgan fingerprint density at radius 1 is 1.29 bits per heavy atom. The Kier molecular flexibility index (Phi) is 4.62. The number of carbonyl (C=O) groups is 1. The van der Waals surface area contributed by atoms with Gasteiger partial charge in [0.2, 0.25) is 5.91 Å². The van der Waals surface area contributed by atoms with E-state index in [1.54, 1.807) is 11.3 Å². The first kappa shape index (κ1) is 15.0. The van der Waals surface area contributed by atoms with Crippen LogP contribution in [0, 0.1) is 5.41 Å². The molecule has 116 valence electrons. The maximum Gasteiger partial charge on any atom is 0.223 e. The minimum atomic E-state index is 0.130. The zero-order valence-electron chi connectivity index (χ0n) is 12.6. The highest BCUT2D eigenvalue weighted by molar-refractivity contribution is 7.07. The molecule has 21 heavy (non-hydrogen) atoms. The Morgan fingerprint density at radius 3 is 2.57 bits per heavy atom. The number of hydrogen-bond donors (Lipinski definition) is 1. The SMILES string of the molecule is NCC1(CC(=O)N2CCN(Cc3ccsc3)CC2)CCC1. The lowest BCUT2D eigenvalue weighted by molar-refractivity contribution is -0.136. The number of carbonyl (C=O) groups excluding carboxylic acids is 1. The van der Waals surface area contributed by atoms with E-state index < -0.39 is 0 Å². The number of piperazine rings is 1. The second-order valence-electron chi connectivity index (χ2n) is 6.52. The Balaban J connectivity index is 1.45. The third-order valence-electron chi connectivity index (χ3n) is 5.08. The molecule has 0 bridgehead atoms. The molecule has 3 rings (SSSR count). The van der Waals surface area contributed by atoms with Gasteiger partial charge in [-0.15, -0.1) is 0 Å². The molecule has 4 nitrogen and oxygen atoms in total. The lowest BCUT2D eigenvalue weighted by Gasteiger charge is -2.42. The van der Waals surface area contributed by atoms with E-state index in [9.17, 15) is 4.79 Å². The number of nitrogens with zero attached hydrogens (tertiary/aromatic N) is 2. The van der Waals surface area contributed by atoms with Crippen LogP contribution in [-0.4, -0.2) is 48.4 Å². The van der Waals surface area contributed by atoms with Crippen LogP contribution >= 0.6 is 11.3 Å². The molecule has 2 fully saturated rings. The molecule has 1 aliphatic carbocycles. The number of hydrogen-bond acceptors (Lipinski definition) is 4. The largest absolute Gasteiger partial charge is 0.340 e. The van der Waals surface area contributed by atoms with Crippen molar-refractivity contribution >= 4 is 17.2 Å². The van der Waals surface area contributed by atoms with Crippen LogP contribution in [0.15, 0.2) is 16.8 Å². The van der Waals surface area contributed by atoms with E-state index in [2.05, 4.69) is 21.7 Å². The topological polar surface area (TPSA) is 49.6 Å². The van der Waals surface area contributed by atoms with Crippen LogP contribution < -0.4 is 5.73 Å². The fourth-order valence-electron chi connectivity index (χ4n) is 3.36.